The van der Waals surface area contributed by atoms with Gasteiger partial charge < -0.3 is 14.8 Å². The van der Waals surface area contributed by atoms with E-state index in [1.165, 1.54) is 0 Å². The summed E-state index contributed by atoms with van der Waals surface area (Å²) in [6.07, 6.45) is 2.61. The van der Waals surface area contributed by atoms with Crippen molar-refractivity contribution in [3.63, 3.8) is 0 Å². The maximum Gasteiger partial charge on any atom is 0.253 e. The number of halogens is 3. The average Bonchev–Trinajstić information content (AvgIpc) is 2.46. The van der Waals surface area contributed by atoms with Crippen LogP contribution in [0.25, 0.3) is 0 Å². The van der Waals surface area contributed by atoms with Crippen molar-refractivity contribution >= 4 is 73.7 Å². The summed E-state index contributed by atoms with van der Waals surface area (Å²) in [7, 11) is 0. The molecule has 0 saturated heterocycles. The first-order valence-electron chi connectivity index (χ1n) is 7.65. The zero-order valence-electron chi connectivity index (χ0n) is 13.3. The van der Waals surface area contributed by atoms with Crippen molar-refractivity contribution in [3.8, 4) is 0 Å². The van der Waals surface area contributed by atoms with Crippen LogP contribution in [0.4, 0.5) is 0 Å². The Kier molecular flexibility index (Phi) is 11.6. The molecular formula is C16H22I3NO3. The fourth-order valence-electron chi connectivity index (χ4n) is 2.07. The Balaban J connectivity index is 2.37. The van der Waals surface area contributed by atoms with E-state index >= 15 is 0 Å². The minimum atomic E-state index is -0.126. The smallest absolute Gasteiger partial charge is 0.253 e. The lowest BCUT2D eigenvalue weighted by atomic mass is 10.2. The van der Waals surface area contributed by atoms with Crippen molar-refractivity contribution in [3.05, 3.63) is 28.4 Å². The van der Waals surface area contributed by atoms with Gasteiger partial charge in [0.1, 0.15) is 0 Å². The van der Waals surface area contributed by atoms with Crippen LogP contribution in [0.15, 0.2) is 12.1 Å². The molecule has 0 unspecified atom stereocenters. The maximum atomic E-state index is 12.3. The van der Waals surface area contributed by atoms with Gasteiger partial charge in [0, 0.05) is 30.5 Å². The Labute approximate surface area is 179 Å². The Bertz CT molecular complexity index is 482. The summed E-state index contributed by atoms with van der Waals surface area (Å²) >= 11 is 6.70. The molecule has 0 saturated carbocycles. The van der Waals surface area contributed by atoms with Crippen molar-refractivity contribution in [2.45, 2.75) is 39.4 Å². The van der Waals surface area contributed by atoms with Crippen LogP contribution in [0, 0.1) is 10.7 Å². The van der Waals surface area contributed by atoms with Gasteiger partial charge >= 0.3 is 0 Å². The molecule has 0 aliphatic heterocycles. The monoisotopic (exact) mass is 657 g/mol. The molecule has 0 radical (unpaired) electrons. The van der Waals surface area contributed by atoms with Crippen LogP contribution < -0.4 is 5.32 Å². The van der Waals surface area contributed by atoms with E-state index in [0.717, 1.165) is 35.5 Å². The summed E-state index contributed by atoms with van der Waals surface area (Å²) in [5.41, 5.74) is 0.771. The van der Waals surface area contributed by atoms with Crippen LogP contribution in [0.1, 0.15) is 43.5 Å². The van der Waals surface area contributed by atoms with Gasteiger partial charge in [0.15, 0.2) is 6.29 Å². The second-order valence-electron chi connectivity index (χ2n) is 4.84. The largest absolute Gasteiger partial charge is 0.353 e. The van der Waals surface area contributed by atoms with E-state index in [0.29, 0.717) is 19.8 Å². The van der Waals surface area contributed by atoms with Gasteiger partial charge in [-0.2, -0.15) is 0 Å². The Hall–Kier alpha value is 0.800. The summed E-state index contributed by atoms with van der Waals surface area (Å²) < 4.78 is 14.1. The molecule has 1 aromatic carbocycles. The molecule has 4 nitrogen and oxygen atoms in total. The Morgan fingerprint density at radius 3 is 2.17 bits per heavy atom. The zero-order valence-corrected chi connectivity index (χ0v) is 19.8. The minimum Gasteiger partial charge on any atom is -0.353 e. The van der Waals surface area contributed by atoms with Crippen LogP contribution in [0.5, 0.6) is 0 Å². The van der Waals surface area contributed by atoms with Crippen LogP contribution in [0.3, 0.4) is 0 Å². The summed E-state index contributed by atoms with van der Waals surface area (Å²) in [6, 6.07) is 4.04. The van der Waals surface area contributed by atoms with E-state index in [1.807, 2.05) is 26.0 Å². The number of hydrogen-bond donors (Lipinski definition) is 1. The second kappa shape index (κ2) is 12.2. The van der Waals surface area contributed by atoms with Gasteiger partial charge in [0.05, 0.1) is 5.56 Å². The molecule has 1 N–H and O–H groups in total. The third kappa shape index (κ3) is 8.15. The van der Waals surface area contributed by atoms with Gasteiger partial charge in [-0.25, -0.2) is 0 Å². The molecule has 0 fully saturated rings. The molecule has 0 aliphatic carbocycles. The zero-order chi connectivity index (χ0) is 17.2. The normalized spacial score (nSPS) is 11.0. The SMILES string of the molecule is CCOC(CCCCNC(=O)c1c(I)cc(I)cc1I)OCC. The predicted molar refractivity (Wildman–Crippen MR) is 118 cm³/mol. The molecule has 130 valence electrons. The van der Waals surface area contributed by atoms with Gasteiger partial charge in [-0.1, -0.05) is 0 Å². The molecular weight excluding hydrogens is 635 g/mol. The minimum absolute atomic E-state index is 0.00127. The van der Waals surface area contributed by atoms with Crippen molar-refractivity contribution in [2.75, 3.05) is 19.8 Å². The summed E-state index contributed by atoms with van der Waals surface area (Å²) in [5, 5.41) is 3.01. The summed E-state index contributed by atoms with van der Waals surface area (Å²) in [6.45, 7) is 5.92. The molecule has 0 aliphatic rings. The second-order valence-corrected chi connectivity index (χ2v) is 8.41. The molecule has 0 bridgehead atoms. The van der Waals surface area contributed by atoms with Crippen molar-refractivity contribution in [1.82, 2.24) is 5.32 Å². The van der Waals surface area contributed by atoms with E-state index in [1.54, 1.807) is 0 Å². The van der Waals surface area contributed by atoms with Crippen LogP contribution >= 0.6 is 67.8 Å². The number of unbranched alkanes of at least 4 members (excludes halogenated alkanes) is 1. The first kappa shape index (κ1) is 21.8. The van der Waals surface area contributed by atoms with E-state index in [9.17, 15) is 4.79 Å². The highest BCUT2D eigenvalue weighted by Crippen LogP contribution is 2.22. The molecule has 0 aromatic heterocycles. The Morgan fingerprint density at radius 1 is 1.09 bits per heavy atom. The van der Waals surface area contributed by atoms with Gasteiger partial charge in [0.25, 0.3) is 5.91 Å². The fraction of sp³-hybridized carbons (Fsp3) is 0.562. The summed E-state index contributed by atoms with van der Waals surface area (Å²) in [5.74, 6) is 0.00127. The summed E-state index contributed by atoms with van der Waals surface area (Å²) in [4.78, 5) is 12.3. The lowest BCUT2D eigenvalue weighted by Gasteiger charge is -2.16. The van der Waals surface area contributed by atoms with Gasteiger partial charge in [-0.05, 0) is 113 Å². The highest BCUT2D eigenvalue weighted by atomic mass is 127. The lowest BCUT2D eigenvalue weighted by molar-refractivity contribution is -0.140. The number of carbonyl (C=O) groups excluding carboxylic acids is 1. The van der Waals surface area contributed by atoms with Crippen molar-refractivity contribution < 1.29 is 14.3 Å². The molecule has 0 heterocycles. The van der Waals surface area contributed by atoms with E-state index in [-0.39, 0.29) is 12.2 Å². The first-order valence-corrected chi connectivity index (χ1v) is 10.9. The number of benzene rings is 1. The predicted octanol–water partition coefficient (Wildman–Crippen LogP) is 4.80. The maximum absolute atomic E-state index is 12.3. The van der Waals surface area contributed by atoms with E-state index in [4.69, 9.17) is 9.47 Å². The third-order valence-electron chi connectivity index (χ3n) is 3.09. The van der Waals surface area contributed by atoms with Gasteiger partial charge in [-0.3, -0.25) is 4.79 Å². The van der Waals surface area contributed by atoms with Crippen molar-refractivity contribution in [2.24, 2.45) is 0 Å². The number of nitrogens with one attached hydrogen (secondary N) is 1. The van der Waals surface area contributed by atoms with Gasteiger partial charge in [-0.15, -0.1) is 0 Å². The van der Waals surface area contributed by atoms with Gasteiger partial charge in [0.2, 0.25) is 0 Å². The number of amides is 1. The standard InChI is InChI=1S/C16H22I3NO3/c1-3-22-14(23-4-2)7-5-6-8-20-16(21)15-12(18)9-11(17)10-13(15)19/h9-10,14H,3-8H2,1-2H3,(H,20,21). The molecule has 1 aromatic rings. The Morgan fingerprint density at radius 2 is 1.65 bits per heavy atom. The van der Waals surface area contributed by atoms with Crippen LogP contribution in [-0.2, 0) is 9.47 Å². The molecule has 1 rings (SSSR count). The fourth-order valence-corrected chi connectivity index (χ4v) is 6.14. The van der Waals surface area contributed by atoms with Crippen molar-refractivity contribution in [1.29, 1.82) is 0 Å². The quantitative estimate of drug-likeness (QED) is 0.224. The van der Waals surface area contributed by atoms with Crippen LogP contribution in [-0.4, -0.2) is 32.0 Å². The molecule has 0 atom stereocenters. The topological polar surface area (TPSA) is 47.6 Å². The van der Waals surface area contributed by atoms with E-state index < -0.39 is 0 Å². The highest BCUT2D eigenvalue weighted by molar-refractivity contribution is 14.1. The molecule has 23 heavy (non-hydrogen) atoms. The third-order valence-corrected chi connectivity index (χ3v) is 5.42. The molecule has 7 heteroatoms. The first-order chi connectivity index (χ1) is 11.0. The molecule has 0 spiro atoms. The van der Waals surface area contributed by atoms with Crippen LogP contribution in [0.2, 0.25) is 0 Å². The number of carbonyl (C=O) groups is 1. The highest BCUT2D eigenvalue weighted by Gasteiger charge is 2.14. The van der Waals surface area contributed by atoms with E-state index in [2.05, 4.69) is 73.1 Å². The average molecular weight is 657 g/mol. The lowest BCUT2D eigenvalue weighted by Crippen LogP contribution is -2.26. The number of ether oxygens (including phenoxy) is 2. The number of hydrogen-bond acceptors (Lipinski definition) is 3. The molecule has 1 amide bonds. The number of rotatable bonds is 10.